The van der Waals surface area contributed by atoms with E-state index in [0.717, 1.165) is 58.1 Å². The first kappa shape index (κ1) is 21.1. The number of carbonyl (C=O) groups is 1. The summed E-state index contributed by atoms with van der Waals surface area (Å²) in [5, 5.41) is 3.86. The molecule has 0 unspecified atom stereocenters. The number of aromatic nitrogens is 1. The van der Waals surface area contributed by atoms with Crippen molar-refractivity contribution in [3.8, 4) is 0 Å². The lowest BCUT2D eigenvalue weighted by molar-refractivity contribution is -0.122. The maximum absolute atomic E-state index is 12.7. The summed E-state index contributed by atoms with van der Waals surface area (Å²) in [6, 6.07) is 14.3. The number of benzene rings is 1. The Balaban J connectivity index is 1.28. The van der Waals surface area contributed by atoms with Crippen LogP contribution in [0.1, 0.15) is 18.4 Å². The van der Waals surface area contributed by atoms with Crippen LogP contribution in [0.2, 0.25) is 5.02 Å². The molecule has 2 saturated heterocycles. The van der Waals surface area contributed by atoms with Crippen LogP contribution in [0.5, 0.6) is 0 Å². The van der Waals surface area contributed by atoms with Gasteiger partial charge in [0, 0.05) is 57.5 Å². The highest BCUT2D eigenvalue weighted by Gasteiger charge is 2.34. The third kappa shape index (κ3) is 5.12. The Morgan fingerprint density at radius 2 is 1.80 bits per heavy atom. The second kappa shape index (κ2) is 9.77. The van der Waals surface area contributed by atoms with Crippen molar-refractivity contribution in [2.75, 3.05) is 57.4 Å². The van der Waals surface area contributed by atoms with E-state index in [2.05, 4.69) is 44.4 Å². The lowest BCUT2D eigenvalue weighted by atomic mass is 9.74. The molecule has 30 heavy (non-hydrogen) atoms. The fourth-order valence-corrected chi connectivity index (χ4v) is 4.45. The molecule has 0 atom stereocenters. The molecule has 0 bridgehead atoms. The van der Waals surface area contributed by atoms with Gasteiger partial charge in [0.05, 0.1) is 11.6 Å². The Hall–Kier alpha value is -2.15. The van der Waals surface area contributed by atoms with E-state index in [1.165, 1.54) is 5.56 Å². The Morgan fingerprint density at radius 3 is 2.47 bits per heavy atom. The SMILES string of the molecule is O=C(CN1CCN(c2ccc(Cl)cn2)CC1)NCC1(c2ccccc2)CCOCC1. The molecular formula is C23H29ClN4O2. The highest BCUT2D eigenvalue weighted by molar-refractivity contribution is 6.30. The number of piperazine rings is 1. The third-order valence-corrected chi connectivity index (χ3v) is 6.46. The van der Waals surface area contributed by atoms with Crippen molar-refractivity contribution in [2.24, 2.45) is 0 Å². The van der Waals surface area contributed by atoms with Crippen LogP contribution in [0.15, 0.2) is 48.7 Å². The smallest absolute Gasteiger partial charge is 0.234 e. The van der Waals surface area contributed by atoms with Crippen molar-refractivity contribution in [3.05, 3.63) is 59.2 Å². The van der Waals surface area contributed by atoms with Gasteiger partial charge in [0.15, 0.2) is 0 Å². The highest BCUT2D eigenvalue weighted by atomic mass is 35.5. The lowest BCUT2D eigenvalue weighted by Crippen LogP contribution is -2.51. The number of nitrogens with zero attached hydrogens (tertiary/aromatic N) is 3. The zero-order valence-electron chi connectivity index (χ0n) is 17.2. The number of hydrogen-bond donors (Lipinski definition) is 1. The van der Waals surface area contributed by atoms with Gasteiger partial charge in [-0.15, -0.1) is 0 Å². The summed E-state index contributed by atoms with van der Waals surface area (Å²) in [7, 11) is 0. The van der Waals surface area contributed by atoms with Gasteiger partial charge >= 0.3 is 0 Å². The van der Waals surface area contributed by atoms with E-state index in [4.69, 9.17) is 16.3 Å². The predicted octanol–water partition coefficient (Wildman–Crippen LogP) is 2.72. The van der Waals surface area contributed by atoms with Gasteiger partial charge in [-0.3, -0.25) is 9.69 Å². The van der Waals surface area contributed by atoms with Crippen molar-refractivity contribution in [3.63, 3.8) is 0 Å². The number of ether oxygens (including phenoxy) is 1. The van der Waals surface area contributed by atoms with Gasteiger partial charge in [-0.05, 0) is 30.5 Å². The van der Waals surface area contributed by atoms with Crippen LogP contribution in [0.3, 0.4) is 0 Å². The molecule has 0 radical (unpaired) electrons. The molecule has 1 aromatic carbocycles. The van der Waals surface area contributed by atoms with E-state index in [0.29, 0.717) is 18.1 Å². The quantitative estimate of drug-likeness (QED) is 0.766. The normalized spacial score (nSPS) is 19.4. The van der Waals surface area contributed by atoms with Gasteiger partial charge < -0.3 is 15.0 Å². The molecular weight excluding hydrogens is 400 g/mol. The van der Waals surface area contributed by atoms with E-state index >= 15 is 0 Å². The number of rotatable bonds is 6. The molecule has 7 heteroatoms. The molecule has 0 spiro atoms. The minimum atomic E-state index is -0.0336. The molecule has 2 aliphatic heterocycles. The molecule has 1 N–H and O–H groups in total. The first-order chi connectivity index (χ1) is 14.6. The monoisotopic (exact) mass is 428 g/mol. The van der Waals surface area contributed by atoms with Crippen LogP contribution >= 0.6 is 11.6 Å². The number of hydrogen-bond acceptors (Lipinski definition) is 5. The van der Waals surface area contributed by atoms with Crippen molar-refractivity contribution < 1.29 is 9.53 Å². The van der Waals surface area contributed by atoms with Crippen LogP contribution in [0.25, 0.3) is 0 Å². The van der Waals surface area contributed by atoms with Crippen LogP contribution in [-0.4, -0.2) is 68.3 Å². The standard InChI is InChI=1S/C23H29ClN4O2/c24-20-6-7-21(25-16-20)28-12-10-27(11-13-28)17-22(29)26-18-23(8-14-30-15-9-23)19-4-2-1-3-5-19/h1-7,16H,8-15,17-18H2,(H,26,29). The zero-order chi connectivity index (χ0) is 20.8. The maximum atomic E-state index is 12.7. The van der Waals surface area contributed by atoms with Gasteiger partial charge in [0.2, 0.25) is 5.91 Å². The molecule has 2 aromatic rings. The molecule has 1 aromatic heterocycles. The number of carbonyl (C=O) groups excluding carboxylic acids is 1. The van der Waals surface area contributed by atoms with Crippen LogP contribution in [0.4, 0.5) is 5.82 Å². The van der Waals surface area contributed by atoms with Gasteiger partial charge in [-0.2, -0.15) is 0 Å². The minimum absolute atomic E-state index is 0.0336. The first-order valence-electron chi connectivity index (χ1n) is 10.6. The molecule has 2 aliphatic rings. The number of nitrogens with one attached hydrogen (secondary N) is 1. The number of pyridine rings is 1. The maximum Gasteiger partial charge on any atom is 0.234 e. The molecule has 160 valence electrons. The van der Waals surface area contributed by atoms with E-state index in [9.17, 15) is 4.79 Å². The molecule has 3 heterocycles. The average Bonchev–Trinajstić information content (AvgIpc) is 2.80. The summed E-state index contributed by atoms with van der Waals surface area (Å²) < 4.78 is 5.59. The zero-order valence-corrected chi connectivity index (χ0v) is 18.0. The van der Waals surface area contributed by atoms with Gasteiger partial charge in [0.1, 0.15) is 5.82 Å². The average molecular weight is 429 g/mol. The van der Waals surface area contributed by atoms with E-state index in [1.54, 1.807) is 6.20 Å². The molecule has 4 rings (SSSR count). The van der Waals surface area contributed by atoms with Crippen LogP contribution in [0, 0.1) is 0 Å². The van der Waals surface area contributed by atoms with Crippen molar-refractivity contribution in [1.29, 1.82) is 0 Å². The predicted molar refractivity (Wildman–Crippen MR) is 119 cm³/mol. The Bertz CT molecular complexity index is 817. The van der Waals surface area contributed by atoms with E-state index < -0.39 is 0 Å². The summed E-state index contributed by atoms with van der Waals surface area (Å²) in [5.41, 5.74) is 1.26. The lowest BCUT2D eigenvalue weighted by Gasteiger charge is -2.38. The first-order valence-corrected chi connectivity index (χ1v) is 11.0. The molecule has 1 amide bonds. The Labute approximate surface area is 183 Å². The summed E-state index contributed by atoms with van der Waals surface area (Å²) in [4.78, 5) is 21.5. The highest BCUT2D eigenvalue weighted by Crippen LogP contribution is 2.34. The second-order valence-corrected chi connectivity index (χ2v) is 8.57. The molecule has 0 aliphatic carbocycles. The number of amides is 1. The Kier molecular flexibility index (Phi) is 6.87. The van der Waals surface area contributed by atoms with Gasteiger partial charge in [-0.25, -0.2) is 4.98 Å². The molecule has 2 fully saturated rings. The van der Waals surface area contributed by atoms with Gasteiger partial charge in [-0.1, -0.05) is 41.9 Å². The summed E-state index contributed by atoms with van der Waals surface area (Å²) >= 11 is 5.93. The largest absolute Gasteiger partial charge is 0.381 e. The molecule has 6 nitrogen and oxygen atoms in total. The fourth-order valence-electron chi connectivity index (χ4n) is 4.34. The number of halogens is 1. The van der Waals surface area contributed by atoms with E-state index in [1.807, 2.05) is 18.2 Å². The summed E-state index contributed by atoms with van der Waals surface area (Å²) in [5.74, 6) is 1.03. The topological polar surface area (TPSA) is 57.7 Å². The van der Waals surface area contributed by atoms with Crippen LogP contribution < -0.4 is 10.2 Å². The third-order valence-electron chi connectivity index (χ3n) is 6.24. The van der Waals surface area contributed by atoms with Crippen molar-refractivity contribution >= 4 is 23.3 Å². The summed E-state index contributed by atoms with van der Waals surface area (Å²) in [6.07, 6.45) is 3.55. The minimum Gasteiger partial charge on any atom is -0.381 e. The van der Waals surface area contributed by atoms with Crippen LogP contribution in [-0.2, 0) is 14.9 Å². The van der Waals surface area contributed by atoms with Crippen molar-refractivity contribution in [1.82, 2.24) is 15.2 Å². The summed E-state index contributed by atoms with van der Waals surface area (Å²) in [6.45, 7) is 5.97. The fraction of sp³-hybridized carbons (Fsp3) is 0.478. The van der Waals surface area contributed by atoms with Crippen molar-refractivity contribution in [2.45, 2.75) is 18.3 Å². The van der Waals surface area contributed by atoms with E-state index in [-0.39, 0.29) is 11.3 Å². The second-order valence-electron chi connectivity index (χ2n) is 8.13. The number of anilines is 1. The Morgan fingerprint density at radius 1 is 1.07 bits per heavy atom. The van der Waals surface area contributed by atoms with Gasteiger partial charge in [0.25, 0.3) is 0 Å². The molecule has 0 saturated carbocycles.